The topological polar surface area (TPSA) is 73.2 Å². The van der Waals surface area contributed by atoms with Crippen LogP contribution < -0.4 is 10.1 Å². The van der Waals surface area contributed by atoms with Gasteiger partial charge in [-0.05, 0) is 67.2 Å². The van der Waals surface area contributed by atoms with Crippen LogP contribution in [0.2, 0.25) is 0 Å². The molecule has 12 heteroatoms. The Kier molecular flexibility index (Phi) is 7.90. The number of ether oxygens (including phenoxy) is 1. The number of alkyl halides is 4. The van der Waals surface area contributed by atoms with Crippen LogP contribution in [-0.4, -0.2) is 44.6 Å². The first kappa shape index (κ1) is 27.6. The van der Waals surface area contributed by atoms with E-state index in [0.717, 1.165) is 45.9 Å². The Labute approximate surface area is 233 Å². The number of nitrogens with one attached hydrogen (secondary N) is 1. The molecule has 0 bridgehead atoms. The molecule has 2 fully saturated rings. The number of aryl methyl sites for hydroxylation is 2. The van der Waals surface area contributed by atoms with E-state index in [4.69, 9.17) is 23.8 Å². The highest BCUT2D eigenvalue weighted by Gasteiger charge is 2.44. The summed E-state index contributed by atoms with van der Waals surface area (Å²) in [5, 5.41) is 6.96. The third-order valence-corrected chi connectivity index (χ3v) is 9.12. The van der Waals surface area contributed by atoms with E-state index in [1.165, 1.54) is 22.1 Å². The summed E-state index contributed by atoms with van der Waals surface area (Å²) in [7, 11) is 1.62. The lowest BCUT2D eigenvalue weighted by Crippen LogP contribution is -2.28. The highest BCUT2D eigenvalue weighted by molar-refractivity contribution is 7.80. The number of thiocarbonyl (C=S) groups is 1. The Balaban J connectivity index is 1.27. The van der Waals surface area contributed by atoms with Crippen LogP contribution in [0.25, 0.3) is 0 Å². The molecule has 38 heavy (non-hydrogen) atoms. The third kappa shape index (κ3) is 6.77. The highest BCUT2D eigenvalue weighted by atomic mass is 35.5. The molecular weight excluding hydrogens is 559 g/mol. The Morgan fingerprint density at radius 2 is 2.03 bits per heavy atom. The summed E-state index contributed by atoms with van der Waals surface area (Å²) >= 11 is 12.0. The summed E-state index contributed by atoms with van der Waals surface area (Å²) in [6.07, 6.45) is 4.89. The van der Waals surface area contributed by atoms with E-state index in [1.807, 2.05) is 0 Å². The van der Waals surface area contributed by atoms with E-state index < -0.39 is 17.7 Å². The number of nitrogens with zero attached hydrogens (tertiary/aromatic N) is 2. The maximum absolute atomic E-state index is 13.5. The third-order valence-electron chi connectivity index (χ3n) is 7.44. The van der Waals surface area contributed by atoms with E-state index in [0.29, 0.717) is 43.0 Å². The minimum atomic E-state index is -3.84. The molecule has 2 heterocycles. The van der Waals surface area contributed by atoms with Crippen molar-refractivity contribution in [3.05, 3.63) is 32.6 Å². The number of amides is 1. The highest BCUT2D eigenvalue weighted by Crippen LogP contribution is 2.41. The van der Waals surface area contributed by atoms with Gasteiger partial charge in [-0.25, -0.2) is 4.39 Å². The molecule has 3 aliphatic carbocycles. The normalized spacial score (nSPS) is 22.6. The molecule has 2 saturated carbocycles. The lowest BCUT2D eigenvalue weighted by molar-refractivity contribution is -0.119. The standard InChI is InChI=1S/C26H29ClF3N3O3S2/c1-33-15(9-23(32-33)36-26(27,29)30)8-16(37)6-14-4-5-21-18(7-14)24(25(35)31-12-13-2-3-13)22(38-21)11-20(34)17-10-19(17)28/h9,13-14,17,19H,2-8,10-12H2,1H3,(H,31,35)/t14-,17+,19-/m1/s1. The molecule has 206 valence electrons. The zero-order chi connectivity index (χ0) is 27.2. The van der Waals surface area contributed by atoms with Crippen LogP contribution in [0.4, 0.5) is 13.2 Å². The molecule has 6 nitrogen and oxygen atoms in total. The van der Waals surface area contributed by atoms with Crippen LogP contribution in [0.15, 0.2) is 6.07 Å². The van der Waals surface area contributed by atoms with E-state index in [-0.39, 0.29) is 36.3 Å². The molecule has 0 unspecified atom stereocenters. The van der Waals surface area contributed by atoms with E-state index in [9.17, 15) is 22.8 Å². The SMILES string of the molecule is Cn1nc(OC(F)(F)Cl)cc1CC(=S)C[C@H]1CCc2sc(CC(=O)[C@H]3C[C@H]3F)c(C(=O)NCC3CC3)c2C1. The second kappa shape index (κ2) is 10.9. The van der Waals surface area contributed by atoms with Crippen LogP contribution in [-0.2, 0) is 37.5 Å². The fourth-order valence-electron chi connectivity index (χ4n) is 5.12. The average Bonchev–Trinajstić information content (AvgIpc) is 3.72. The number of aromatic nitrogens is 2. The molecule has 0 aromatic carbocycles. The quantitative estimate of drug-likeness (QED) is 0.267. The lowest BCUT2D eigenvalue weighted by atomic mass is 9.82. The summed E-state index contributed by atoms with van der Waals surface area (Å²) in [5.41, 5.74) is -1.63. The van der Waals surface area contributed by atoms with Crippen LogP contribution in [0, 0.1) is 17.8 Å². The van der Waals surface area contributed by atoms with Crippen LogP contribution >= 0.6 is 35.2 Å². The van der Waals surface area contributed by atoms with E-state index in [2.05, 4.69) is 15.2 Å². The number of thiophene rings is 1. The van der Waals surface area contributed by atoms with E-state index >= 15 is 0 Å². The van der Waals surface area contributed by atoms with Crippen molar-refractivity contribution in [1.82, 2.24) is 15.1 Å². The lowest BCUT2D eigenvalue weighted by Gasteiger charge is -2.23. The molecule has 0 saturated heterocycles. The number of ketones is 1. The smallest absolute Gasteiger partial charge is 0.400 e. The Hall–Kier alpha value is -1.98. The number of hydrogen-bond donors (Lipinski definition) is 1. The average molecular weight is 588 g/mol. The minimum Gasteiger partial charge on any atom is -0.400 e. The van der Waals surface area contributed by atoms with Crippen molar-refractivity contribution < 1.29 is 27.5 Å². The van der Waals surface area contributed by atoms with Crippen LogP contribution in [0.3, 0.4) is 0 Å². The van der Waals surface area contributed by atoms with Gasteiger partial charge in [0.2, 0.25) is 5.88 Å². The number of hydrogen-bond acceptors (Lipinski definition) is 6. The molecule has 0 spiro atoms. The largest absolute Gasteiger partial charge is 0.488 e. The fraction of sp³-hybridized carbons (Fsp3) is 0.615. The van der Waals surface area contributed by atoms with Gasteiger partial charge in [-0.15, -0.1) is 25.2 Å². The molecular formula is C26H29ClF3N3O3S2. The maximum atomic E-state index is 13.5. The number of carbonyl (C=O) groups excluding carboxylic acids is 2. The molecule has 1 amide bonds. The summed E-state index contributed by atoms with van der Waals surface area (Å²) in [4.78, 5) is 28.5. The number of carbonyl (C=O) groups is 2. The van der Waals surface area contributed by atoms with Crippen molar-refractivity contribution in [2.24, 2.45) is 24.8 Å². The molecule has 1 N–H and O–H groups in total. The second-order valence-corrected chi connectivity index (χ2v) is 12.8. The van der Waals surface area contributed by atoms with Gasteiger partial charge in [-0.2, -0.15) is 0 Å². The first-order valence-electron chi connectivity index (χ1n) is 12.9. The maximum Gasteiger partial charge on any atom is 0.488 e. The van der Waals surface area contributed by atoms with E-state index in [1.54, 1.807) is 7.05 Å². The van der Waals surface area contributed by atoms with Gasteiger partial charge in [-0.3, -0.25) is 14.3 Å². The zero-order valence-corrected chi connectivity index (χ0v) is 23.3. The van der Waals surface area contributed by atoms with Gasteiger partial charge < -0.3 is 10.1 Å². The first-order chi connectivity index (χ1) is 18.0. The first-order valence-corrected chi connectivity index (χ1v) is 14.5. The number of halogens is 4. The molecule has 0 aliphatic heterocycles. The van der Waals surface area contributed by atoms with Gasteiger partial charge in [0.05, 0.1) is 11.5 Å². The molecule has 3 atom stereocenters. The predicted molar refractivity (Wildman–Crippen MR) is 142 cm³/mol. The Morgan fingerprint density at radius 3 is 2.68 bits per heavy atom. The number of rotatable bonds is 12. The molecule has 2 aromatic heterocycles. The Morgan fingerprint density at radius 1 is 1.29 bits per heavy atom. The number of Topliss-reactive ketones (excluding diaryl/α,β-unsaturated/α-hetero) is 1. The van der Waals surface area contributed by atoms with Crippen molar-refractivity contribution in [3.63, 3.8) is 0 Å². The summed E-state index contributed by atoms with van der Waals surface area (Å²) < 4.78 is 45.2. The van der Waals surface area contributed by atoms with Crippen molar-refractivity contribution in [3.8, 4) is 5.88 Å². The second-order valence-electron chi connectivity index (χ2n) is 10.6. The molecule has 3 aliphatic rings. The van der Waals surface area contributed by atoms with Gasteiger partial charge >= 0.3 is 5.57 Å². The van der Waals surface area contributed by atoms with Crippen molar-refractivity contribution in [2.75, 3.05) is 6.54 Å². The van der Waals surface area contributed by atoms with Crippen LogP contribution in [0.5, 0.6) is 5.88 Å². The summed E-state index contributed by atoms with van der Waals surface area (Å²) in [5.74, 6) is -0.354. The van der Waals surface area contributed by atoms with Crippen molar-refractivity contribution >= 4 is 51.7 Å². The van der Waals surface area contributed by atoms with Crippen LogP contribution in [0.1, 0.15) is 63.5 Å². The van der Waals surface area contributed by atoms with Gasteiger partial charge in [-0.1, -0.05) is 12.2 Å². The van der Waals surface area contributed by atoms with Gasteiger partial charge in [0.15, 0.2) is 0 Å². The van der Waals surface area contributed by atoms with Gasteiger partial charge in [0, 0.05) is 59.5 Å². The molecule has 0 radical (unpaired) electrons. The van der Waals surface area contributed by atoms with Crippen molar-refractivity contribution in [2.45, 2.75) is 69.5 Å². The van der Waals surface area contributed by atoms with Crippen molar-refractivity contribution in [1.29, 1.82) is 0 Å². The monoisotopic (exact) mass is 587 g/mol. The van der Waals surface area contributed by atoms with Gasteiger partial charge in [0.1, 0.15) is 12.0 Å². The Bertz CT molecular complexity index is 1250. The molecule has 2 aromatic rings. The summed E-state index contributed by atoms with van der Waals surface area (Å²) in [6, 6.07) is 1.40. The van der Waals surface area contributed by atoms with Gasteiger partial charge in [0.25, 0.3) is 5.91 Å². The zero-order valence-electron chi connectivity index (χ0n) is 20.9. The minimum absolute atomic E-state index is 0.101. The predicted octanol–water partition coefficient (Wildman–Crippen LogP) is 5.37. The fourth-order valence-corrected chi connectivity index (χ4v) is 6.94. The molecule has 5 rings (SSSR count). The number of fused-ring (bicyclic) bond motifs is 1. The summed E-state index contributed by atoms with van der Waals surface area (Å²) in [6.45, 7) is 0.631.